The Labute approximate surface area is 253 Å². The molecule has 0 radical (unpaired) electrons. The van der Waals surface area contributed by atoms with Gasteiger partial charge < -0.3 is 21.2 Å². The van der Waals surface area contributed by atoms with Crippen molar-refractivity contribution in [2.24, 2.45) is 5.92 Å². The molecule has 1 amide bonds. The van der Waals surface area contributed by atoms with E-state index in [0.29, 0.717) is 27.8 Å². The minimum absolute atomic E-state index is 0.0491. The lowest BCUT2D eigenvalue weighted by molar-refractivity contribution is -0.125. The molecule has 4 heterocycles. The van der Waals surface area contributed by atoms with Gasteiger partial charge in [-0.05, 0) is 62.9 Å². The van der Waals surface area contributed by atoms with Gasteiger partial charge in [0.2, 0.25) is 6.43 Å². The third kappa shape index (κ3) is 7.60. The highest BCUT2D eigenvalue weighted by molar-refractivity contribution is 6.30. The van der Waals surface area contributed by atoms with Gasteiger partial charge in [0.15, 0.2) is 6.10 Å². The van der Waals surface area contributed by atoms with Crippen LogP contribution >= 0.6 is 11.6 Å². The minimum atomic E-state index is -2.57. The van der Waals surface area contributed by atoms with E-state index in [-0.39, 0.29) is 47.1 Å². The molecule has 43 heavy (non-hydrogen) atoms. The first-order valence-corrected chi connectivity index (χ1v) is 14.3. The number of hydrogen-bond donors (Lipinski definition) is 3. The van der Waals surface area contributed by atoms with Gasteiger partial charge in [0, 0.05) is 36.2 Å². The van der Waals surface area contributed by atoms with Crippen molar-refractivity contribution in [2.75, 3.05) is 23.7 Å². The van der Waals surface area contributed by atoms with Crippen LogP contribution < -0.4 is 20.7 Å². The summed E-state index contributed by atoms with van der Waals surface area (Å²) in [7, 11) is 0. The zero-order valence-corrected chi connectivity index (χ0v) is 24.7. The lowest BCUT2D eigenvalue weighted by Gasteiger charge is -2.33. The van der Waals surface area contributed by atoms with Crippen LogP contribution in [0.4, 0.5) is 20.3 Å². The van der Waals surface area contributed by atoms with Gasteiger partial charge in [-0.25, -0.2) is 23.7 Å². The average molecular weight is 611 g/mol. The van der Waals surface area contributed by atoms with Crippen molar-refractivity contribution >= 4 is 35.2 Å². The molecule has 4 N–H and O–H groups in total. The van der Waals surface area contributed by atoms with Crippen molar-refractivity contribution in [3.05, 3.63) is 58.3 Å². The first-order chi connectivity index (χ1) is 20.6. The van der Waals surface area contributed by atoms with Crippen LogP contribution in [0, 0.1) is 22.7 Å². The fraction of sp³-hybridized carbons (Fsp3) is 0.400. The number of alkyl halides is 2. The molecule has 5 rings (SSSR count). The summed E-state index contributed by atoms with van der Waals surface area (Å²) in [6.07, 6.45) is 2.60. The number of rotatable bonds is 7. The Bertz CT molecular complexity index is 1510. The van der Waals surface area contributed by atoms with Crippen LogP contribution in [0.1, 0.15) is 55.8 Å². The fourth-order valence-corrected chi connectivity index (χ4v) is 5.08. The number of piperidine rings is 1. The molecule has 226 valence electrons. The number of ether oxygens (including phenoxy) is 1. The van der Waals surface area contributed by atoms with E-state index in [9.17, 15) is 18.8 Å². The predicted octanol–water partition coefficient (Wildman–Crippen LogP) is 5.16. The number of aromatic nitrogens is 3. The van der Waals surface area contributed by atoms with Gasteiger partial charge in [0.1, 0.15) is 23.5 Å². The third-order valence-electron chi connectivity index (χ3n) is 7.17. The Morgan fingerprint density at radius 3 is 2.65 bits per heavy atom. The maximum atomic E-state index is 12.9. The molecule has 0 aliphatic carbocycles. The van der Waals surface area contributed by atoms with Gasteiger partial charge in [-0.1, -0.05) is 24.6 Å². The van der Waals surface area contributed by atoms with E-state index in [0.717, 1.165) is 12.1 Å². The van der Waals surface area contributed by atoms with Gasteiger partial charge in [-0.2, -0.15) is 5.26 Å². The molecular formula is C30H33ClF2N8O2. The number of carbonyl (C=O) groups is 1. The molecule has 0 spiro atoms. The lowest BCUT2D eigenvalue weighted by atomic mass is 9.92. The number of anilines is 2. The van der Waals surface area contributed by atoms with Crippen molar-refractivity contribution in [2.45, 2.75) is 58.6 Å². The molecule has 2 aromatic heterocycles. The van der Waals surface area contributed by atoms with Crippen LogP contribution in [0.25, 0.3) is 11.1 Å². The van der Waals surface area contributed by atoms with Crippen LogP contribution in [-0.4, -0.2) is 52.7 Å². The highest BCUT2D eigenvalue weighted by Gasteiger charge is 2.33. The number of nitrogens with zero attached hydrogens (tertiary/aromatic N) is 5. The summed E-state index contributed by atoms with van der Waals surface area (Å²) in [4.78, 5) is 26.8. The molecule has 3 aromatic rings. The number of nitrogen functional groups attached to an aromatic ring is 1. The van der Waals surface area contributed by atoms with E-state index >= 15 is 0 Å². The van der Waals surface area contributed by atoms with Crippen molar-refractivity contribution in [3.8, 4) is 22.9 Å². The Balaban J connectivity index is 0.000000530. The number of nitriles is 1. The number of nitrogens with one attached hydrogen (secondary N) is 2. The molecule has 13 heteroatoms. The second kappa shape index (κ2) is 14.3. The number of fused-ring (bicyclic) bond motifs is 1. The largest absolute Gasteiger partial charge is 0.479 e. The Morgan fingerprint density at radius 1 is 1.33 bits per heavy atom. The topological polar surface area (TPSA) is 154 Å². The summed E-state index contributed by atoms with van der Waals surface area (Å²) in [6.45, 7) is 6.45. The van der Waals surface area contributed by atoms with Gasteiger partial charge in [0.05, 0.1) is 28.5 Å². The first-order valence-electron chi connectivity index (χ1n) is 13.9. The summed E-state index contributed by atoms with van der Waals surface area (Å²) >= 11 is 5.85. The smallest absolute Gasteiger partial charge is 0.268 e. The zero-order valence-electron chi connectivity index (χ0n) is 23.9. The number of aryl methyl sites for hydroxylation is 1. The molecule has 1 saturated heterocycles. The second-order valence-electron chi connectivity index (χ2n) is 10.4. The van der Waals surface area contributed by atoms with Gasteiger partial charge >= 0.3 is 0 Å². The summed E-state index contributed by atoms with van der Waals surface area (Å²) in [5, 5.41) is 21.4. The summed E-state index contributed by atoms with van der Waals surface area (Å²) in [5.74, 6) is 1.30. The number of benzene rings is 1. The predicted molar refractivity (Wildman–Crippen MR) is 161 cm³/mol. The molecule has 2 atom stereocenters. The fourth-order valence-electron chi connectivity index (χ4n) is 4.98. The van der Waals surface area contributed by atoms with Crippen LogP contribution in [-0.2, 0) is 17.8 Å². The quantitative estimate of drug-likeness (QED) is 0.310. The molecule has 1 fully saturated rings. The molecule has 0 bridgehead atoms. The van der Waals surface area contributed by atoms with E-state index in [1.165, 1.54) is 43.2 Å². The average Bonchev–Trinajstić information content (AvgIpc) is 2.99. The highest BCUT2D eigenvalue weighted by Crippen LogP contribution is 2.40. The van der Waals surface area contributed by atoms with Gasteiger partial charge in [0.25, 0.3) is 5.91 Å². The Hall–Kier alpha value is -4.21. The van der Waals surface area contributed by atoms with E-state index in [1.807, 2.05) is 6.07 Å². The van der Waals surface area contributed by atoms with Gasteiger partial charge in [-0.3, -0.25) is 9.69 Å². The molecule has 10 nitrogen and oxygen atoms in total. The highest BCUT2D eigenvalue weighted by atomic mass is 35.5. The molecule has 2 aliphatic rings. The first kappa shape index (κ1) is 31.7. The van der Waals surface area contributed by atoms with Gasteiger partial charge in [-0.15, -0.1) is 0 Å². The summed E-state index contributed by atoms with van der Waals surface area (Å²) in [6, 6.07) is 6.92. The van der Waals surface area contributed by atoms with Crippen molar-refractivity contribution in [1.29, 1.82) is 10.7 Å². The van der Waals surface area contributed by atoms with E-state index in [4.69, 9.17) is 27.5 Å². The second-order valence-corrected chi connectivity index (χ2v) is 10.9. The SMILES string of the molecule is CC1CCCNC1.CC1Oc2cc(-c3c(C#N)c(CCC(F)F)nc(N)c3C=N)ccc2N(Cc2ncc(Cl)cn2)C1=O. The maximum absolute atomic E-state index is 12.9. The summed E-state index contributed by atoms with van der Waals surface area (Å²) < 4.78 is 31.5. The number of nitrogens with two attached hydrogens (primary N) is 1. The zero-order chi connectivity index (χ0) is 31.1. The van der Waals surface area contributed by atoms with Crippen LogP contribution in [0.3, 0.4) is 0 Å². The van der Waals surface area contributed by atoms with E-state index in [2.05, 4.69) is 27.2 Å². The lowest BCUT2D eigenvalue weighted by Crippen LogP contribution is -2.44. The third-order valence-corrected chi connectivity index (χ3v) is 7.36. The minimum Gasteiger partial charge on any atom is -0.479 e. The van der Waals surface area contributed by atoms with E-state index < -0.39 is 19.0 Å². The summed E-state index contributed by atoms with van der Waals surface area (Å²) in [5.41, 5.74) is 7.58. The number of hydrogen-bond acceptors (Lipinski definition) is 9. The number of pyridine rings is 1. The Morgan fingerprint density at radius 2 is 2.07 bits per heavy atom. The number of amides is 1. The number of halogens is 3. The number of carbonyl (C=O) groups excluding carboxylic acids is 1. The van der Waals surface area contributed by atoms with Crippen LogP contribution in [0.5, 0.6) is 5.75 Å². The standard InChI is InChI=1S/C24H20ClF2N7O2.C6H13N/c1-12-24(35)34(11-21-31-9-14(25)10-32-21)18-4-2-13(6-19(18)36-12)22-15(7-28)17(3-5-20(26)27)33-23(30)16(22)8-29;1-6-3-2-4-7-5-6/h2,4,6,8-10,12,20,29H,3,5,11H2,1H3,(H2,30,33);6-7H,2-5H2,1H3. The Kier molecular flexibility index (Phi) is 10.6. The molecule has 0 saturated carbocycles. The van der Waals surface area contributed by atoms with Crippen molar-refractivity contribution < 1.29 is 18.3 Å². The van der Waals surface area contributed by atoms with Crippen LogP contribution in [0.2, 0.25) is 5.02 Å². The van der Waals surface area contributed by atoms with Crippen molar-refractivity contribution in [3.63, 3.8) is 0 Å². The van der Waals surface area contributed by atoms with E-state index in [1.54, 1.807) is 25.1 Å². The molecule has 2 unspecified atom stereocenters. The molecular weight excluding hydrogens is 578 g/mol. The monoisotopic (exact) mass is 610 g/mol. The van der Waals surface area contributed by atoms with Crippen LogP contribution in [0.15, 0.2) is 30.6 Å². The molecule has 1 aromatic carbocycles. The normalized spacial score (nSPS) is 17.8. The molecule has 2 aliphatic heterocycles. The maximum Gasteiger partial charge on any atom is 0.268 e. The van der Waals surface area contributed by atoms with Crippen molar-refractivity contribution in [1.82, 2.24) is 20.3 Å².